The summed E-state index contributed by atoms with van der Waals surface area (Å²) < 4.78 is 50.9. The minimum atomic E-state index is -5.12. The van der Waals surface area contributed by atoms with Crippen LogP contribution in [0.2, 0.25) is 0 Å². The first-order valence-corrected chi connectivity index (χ1v) is 5.45. The second-order valence-electron chi connectivity index (χ2n) is 3.56. The molecule has 116 valence electrons. The number of benzene rings is 1. The van der Waals surface area contributed by atoms with Gasteiger partial charge in [0, 0.05) is 12.1 Å². The molecule has 0 atom stereocenters. The number of oxime groups is 1. The number of ether oxygens (including phenoxy) is 3. The van der Waals surface area contributed by atoms with Crippen LogP contribution in [0.15, 0.2) is 17.3 Å². The molecule has 0 aliphatic carbocycles. The molecule has 0 aliphatic heterocycles. The number of rotatable bonds is 5. The standard InChI is InChI=1S/C12H12F3NO5/c1-18-7-4-9(19-2)8(10(5-7)20-3)6-16-21-11(17)12(13,14)15/h4-6H,1-3H3. The molecular weight excluding hydrogens is 295 g/mol. The van der Waals surface area contributed by atoms with E-state index < -0.39 is 12.1 Å². The van der Waals surface area contributed by atoms with Crippen LogP contribution < -0.4 is 14.2 Å². The Morgan fingerprint density at radius 2 is 1.62 bits per heavy atom. The minimum Gasteiger partial charge on any atom is -0.496 e. The van der Waals surface area contributed by atoms with Crippen molar-refractivity contribution in [1.82, 2.24) is 0 Å². The Kier molecular flexibility index (Phi) is 5.39. The first-order valence-electron chi connectivity index (χ1n) is 5.45. The number of hydrogen-bond donors (Lipinski definition) is 0. The molecule has 0 aromatic heterocycles. The van der Waals surface area contributed by atoms with Gasteiger partial charge in [0.05, 0.1) is 33.1 Å². The Morgan fingerprint density at radius 1 is 1.10 bits per heavy atom. The molecule has 6 nitrogen and oxygen atoms in total. The van der Waals surface area contributed by atoms with Gasteiger partial charge in [-0.3, -0.25) is 0 Å². The number of hydrogen-bond acceptors (Lipinski definition) is 6. The van der Waals surface area contributed by atoms with Gasteiger partial charge in [-0.2, -0.15) is 13.2 Å². The van der Waals surface area contributed by atoms with Crippen molar-refractivity contribution in [2.75, 3.05) is 21.3 Å². The smallest absolute Gasteiger partial charge is 0.493 e. The Labute approximate surface area is 118 Å². The molecule has 0 spiro atoms. The van der Waals surface area contributed by atoms with E-state index >= 15 is 0 Å². The third kappa shape index (κ3) is 4.26. The average Bonchev–Trinajstić information content (AvgIpc) is 2.45. The van der Waals surface area contributed by atoms with E-state index in [0.29, 0.717) is 5.75 Å². The summed E-state index contributed by atoms with van der Waals surface area (Å²) in [6, 6.07) is 2.94. The first kappa shape index (κ1) is 16.6. The zero-order chi connectivity index (χ0) is 16.0. The van der Waals surface area contributed by atoms with Gasteiger partial charge in [-0.05, 0) is 0 Å². The molecule has 0 N–H and O–H groups in total. The molecule has 0 fully saturated rings. The lowest BCUT2D eigenvalue weighted by atomic mass is 10.2. The van der Waals surface area contributed by atoms with Gasteiger partial charge >= 0.3 is 12.1 Å². The monoisotopic (exact) mass is 307 g/mol. The zero-order valence-corrected chi connectivity index (χ0v) is 11.4. The fraction of sp³-hybridized carbons (Fsp3) is 0.333. The highest BCUT2D eigenvalue weighted by atomic mass is 19.4. The summed E-state index contributed by atoms with van der Waals surface area (Å²) in [7, 11) is 4.10. The Bertz CT molecular complexity index is 517. The van der Waals surface area contributed by atoms with Gasteiger partial charge in [-0.1, -0.05) is 5.16 Å². The van der Waals surface area contributed by atoms with Crippen molar-refractivity contribution in [3.8, 4) is 17.2 Å². The summed E-state index contributed by atoms with van der Waals surface area (Å²) in [5, 5.41) is 2.99. The largest absolute Gasteiger partial charge is 0.496 e. The van der Waals surface area contributed by atoms with Crippen LogP contribution in [-0.2, 0) is 9.63 Å². The predicted molar refractivity (Wildman–Crippen MR) is 65.8 cm³/mol. The van der Waals surface area contributed by atoms with E-state index in [1.807, 2.05) is 0 Å². The molecule has 0 bridgehead atoms. The highest BCUT2D eigenvalue weighted by molar-refractivity contribution is 5.88. The molecule has 1 rings (SSSR count). The normalized spacial score (nSPS) is 11.3. The molecule has 1 aromatic rings. The molecule has 0 amide bonds. The summed E-state index contributed by atoms with van der Waals surface area (Å²) >= 11 is 0. The van der Waals surface area contributed by atoms with Crippen LogP contribution in [0.4, 0.5) is 13.2 Å². The highest BCUT2D eigenvalue weighted by Gasteiger charge is 2.41. The molecule has 0 saturated heterocycles. The van der Waals surface area contributed by atoms with Crippen LogP contribution in [0.3, 0.4) is 0 Å². The second-order valence-corrected chi connectivity index (χ2v) is 3.56. The van der Waals surface area contributed by atoms with Crippen molar-refractivity contribution >= 4 is 12.2 Å². The van der Waals surface area contributed by atoms with E-state index in [4.69, 9.17) is 14.2 Å². The molecule has 21 heavy (non-hydrogen) atoms. The van der Waals surface area contributed by atoms with Crippen molar-refractivity contribution in [2.24, 2.45) is 5.16 Å². The number of alkyl halides is 3. The topological polar surface area (TPSA) is 66.3 Å². The highest BCUT2D eigenvalue weighted by Crippen LogP contribution is 2.32. The van der Waals surface area contributed by atoms with E-state index in [2.05, 4.69) is 9.99 Å². The average molecular weight is 307 g/mol. The summed E-state index contributed by atoms with van der Waals surface area (Å²) in [6.45, 7) is 0. The van der Waals surface area contributed by atoms with Crippen LogP contribution in [0.1, 0.15) is 5.56 Å². The van der Waals surface area contributed by atoms with E-state index in [1.54, 1.807) is 0 Å². The van der Waals surface area contributed by atoms with Gasteiger partial charge < -0.3 is 19.0 Å². The number of nitrogens with zero attached hydrogens (tertiary/aromatic N) is 1. The lowest BCUT2D eigenvalue weighted by Crippen LogP contribution is -2.23. The SMILES string of the molecule is COc1cc(OC)c(C=NOC(=O)C(F)(F)F)c(OC)c1. The van der Waals surface area contributed by atoms with Gasteiger partial charge in [0.1, 0.15) is 17.2 Å². The van der Waals surface area contributed by atoms with Gasteiger partial charge in [-0.15, -0.1) is 0 Å². The van der Waals surface area contributed by atoms with E-state index in [0.717, 1.165) is 6.21 Å². The molecule has 0 heterocycles. The van der Waals surface area contributed by atoms with Gasteiger partial charge in [0.2, 0.25) is 0 Å². The summed E-state index contributed by atoms with van der Waals surface area (Å²) in [5.74, 6) is -1.57. The summed E-state index contributed by atoms with van der Waals surface area (Å²) in [4.78, 5) is 14.2. The van der Waals surface area contributed by atoms with E-state index in [1.165, 1.54) is 33.5 Å². The Balaban J connectivity index is 3.04. The Hall–Kier alpha value is -2.45. The number of carbonyl (C=O) groups is 1. The van der Waals surface area contributed by atoms with Crippen molar-refractivity contribution in [3.63, 3.8) is 0 Å². The maximum atomic E-state index is 12.0. The molecule has 0 unspecified atom stereocenters. The molecule has 1 aromatic carbocycles. The van der Waals surface area contributed by atoms with Crippen LogP contribution in [0.25, 0.3) is 0 Å². The first-order chi connectivity index (χ1) is 9.83. The third-order valence-electron chi connectivity index (χ3n) is 2.30. The summed E-state index contributed by atoms with van der Waals surface area (Å²) in [6.07, 6.45) is -4.24. The number of methoxy groups -OCH3 is 3. The number of halogens is 3. The van der Waals surface area contributed by atoms with Gasteiger partial charge in [0.15, 0.2) is 0 Å². The molecule has 9 heteroatoms. The predicted octanol–water partition coefficient (Wildman–Crippen LogP) is 2.15. The van der Waals surface area contributed by atoms with Crippen LogP contribution in [-0.4, -0.2) is 39.7 Å². The molecule has 0 radical (unpaired) electrons. The van der Waals surface area contributed by atoms with Crippen molar-refractivity contribution < 1.29 is 37.0 Å². The summed E-state index contributed by atoms with van der Waals surface area (Å²) in [5.41, 5.74) is 0.191. The molecule has 0 aliphatic rings. The van der Waals surface area contributed by atoms with Crippen molar-refractivity contribution in [3.05, 3.63) is 17.7 Å². The Morgan fingerprint density at radius 3 is 2.00 bits per heavy atom. The van der Waals surface area contributed by atoms with Crippen molar-refractivity contribution in [1.29, 1.82) is 0 Å². The molecular formula is C12H12F3NO5. The minimum absolute atomic E-state index is 0.191. The van der Waals surface area contributed by atoms with Gasteiger partial charge in [-0.25, -0.2) is 4.79 Å². The lowest BCUT2D eigenvalue weighted by molar-refractivity contribution is -0.199. The van der Waals surface area contributed by atoms with Crippen LogP contribution in [0.5, 0.6) is 17.2 Å². The third-order valence-corrected chi connectivity index (χ3v) is 2.30. The number of carbonyl (C=O) groups excluding carboxylic acids is 1. The lowest BCUT2D eigenvalue weighted by Gasteiger charge is -2.11. The quantitative estimate of drug-likeness (QED) is 0.474. The maximum Gasteiger partial charge on any atom is 0.493 e. The van der Waals surface area contributed by atoms with Crippen LogP contribution in [0, 0.1) is 0 Å². The maximum absolute atomic E-state index is 12.0. The fourth-order valence-corrected chi connectivity index (χ4v) is 1.34. The second kappa shape index (κ2) is 6.82. The van der Waals surface area contributed by atoms with Crippen molar-refractivity contribution in [2.45, 2.75) is 6.18 Å². The van der Waals surface area contributed by atoms with E-state index in [-0.39, 0.29) is 17.1 Å². The fourth-order valence-electron chi connectivity index (χ4n) is 1.34. The van der Waals surface area contributed by atoms with E-state index in [9.17, 15) is 18.0 Å². The van der Waals surface area contributed by atoms with Gasteiger partial charge in [0.25, 0.3) is 0 Å². The zero-order valence-electron chi connectivity index (χ0n) is 11.4. The molecule has 0 saturated carbocycles. The van der Waals surface area contributed by atoms with Crippen LogP contribution >= 0.6 is 0 Å².